The number of aromatic nitrogens is 2. The molecule has 1 N–H and O–H groups in total. The van der Waals surface area contributed by atoms with E-state index in [9.17, 15) is 12.8 Å². The fourth-order valence-electron chi connectivity index (χ4n) is 1.28. The number of rotatable bonds is 3. The highest BCUT2D eigenvalue weighted by Gasteiger charge is 2.21. The van der Waals surface area contributed by atoms with E-state index in [-0.39, 0.29) is 16.7 Å². The highest BCUT2D eigenvalue weighted by atomic mass is 32.2. The van der Waals surface area contributed by atoms with E-state index in [1.54, 1.807) is 6.26 Å². The largest absolute Gasteiger partial charge is 0.411 e. The number of hydrogen-bond acceptors (Lipinski definition) is 6. The average Bonchev–Trinajstić information content (AvgIpc) is 2.76. The van der Waals surface area contributed by atoms with Crippen molar-refractivity contribution in [2.45, 2.75) is 10.1 Å². The van der Waals surface area contributed by atoms with Gasteiger partial charge >= 0.3 is 0 Å². The zero-order valence-electron chi connectivity index (χ0n) is 8.99. The van der Waals surface area contributed by atoms with Crippen LogP contribution in [-0.2, 0) is 10.1 Å². The van der Waals surface area contributed by atoms with Gasteiger partial charge in [-0.15, -0.1) is 10.2 Å². The van der Waals surface area contributed by atoms with Crippen molar-refractivity contribution in [3.05, 3.63) is 24.0 Å². The second-order valence-corrected chi connectivity index (χ2v) is 5.32. The minimum absolute atomic E-state index is 0.151. The van der Waals surface area contributed by atoms with Gasteiger partial charge in [0.25, 0.3) is 21.2 Å². The normalized spacial score (nSPS) is 11.7. The fraction of sp³-hybridized carbons (Fsp3) is 0.111. The fourth-order valence-corrected chi connectivity index (χ4v) is 2.15. The van der Waals surface area contributed by atoms with Gasteiger partial charge < -0.3 is 4.42 Å². The van der Waals surface area contributed by atoms with E-state index in [1.165, 1.54) is 23.9 Å². The average molecular weight is 290 g/mol. The predicted octanol–water partition coefficient (Wildman–Crippen LogP) is 1.84. The van der Waals surface area contributed by atoms with Crippen LogP contribution in [0.5, 0.6) is 0 Å². The lowest BCUT2D eigenvalue weighted by atomic mass is 10.2. The summed E-state index contributed by atoms with van der Waals surface area (Å²) >= 11 is 1.17. The van der Waals surface area contributed by atoms with Crippen molar-refractivity contribution < 1.29 is 21.8 Å². The SMILES string of the molecule is CSc1nnc(-c2cccc(S(=O)(=O)O)c2F)o1. The van der Waals surface area contributed by atoms with E-state index >= 15 is 0 Å². The minimum atomic E-state index is -4.63. The smallest absolute Gasteiger partial charge is 0.297 e. The summed E-state index contributed by atoms with van der Waals surface area (Å²) in [5, 5.41) is 7.42. The van der Waals surface area contributed by atoms with E-state index in [1.807, 2.05) is 0 Å². The number of benzene rings is 1. The Balaban J connectivity index is 2.59. The maximum Gasteiger partial charge on any atom is 0.297 e. The van der Waals surface area contributed by atoms with Gasteiger partial charge in [0, 0.05) is 0 Å². The molecule has 1 aromatic heterocycles. The Morgan fingerprint density at radius 2 is 2.11 bits per heavy atom. The molecule has 0 atom stereocenters. The van der Waals surface area contributed by atoms with Crippen LogP contribution in [0.2, 0.25) is 0 Å². The van der Waals surface area contributed by atoms with Crippen LogP contribution < -0.4 is 0 Å². The predicted molar refractivity (Wildman–Crippen MR) is 61.3 cm³/mol. The highest BCUT2D eigenvalue weighted by Crippen LogP contribution is 2.27. The first-order valence-electron chi connectivity index (χ1n) is 4.57. The van der Waals surface area contributed by atoms with Gasteiger partial charge in [0.2, 0.25) is 0 Å². The molecule has 0 bridgehead atoms. The molecule has 0 unspecified atom stereocenters. The molecule has 6 nitrogen and oxygen atoms in total. The first-order chi connectivity index (χ1) is 8.43. The van der Waals surface area contributed by atoms with Crippen LogP contribution in [0.15, 0.2) is 32.7 Å². The van der Waals surface area contributed by atoms with Gasteiger partial charge in [0.1, 0.15) is 4.90 Å². The molecule has 0 spiro atoms. The first-order valence-corrected chi connectivity index (χ1v) is 7.24. The molecule has 0 aliphatic rings. The number of halogens is 1. The Kier molecular flexibility index (Phi) is 3.37. The van der Waals surface area contributed by atoms with Gasteiger partial charge in [-0.1, -0.05) is 17.8 Å². The van der Waals surface area contributed by atoms with Gasteiger partial charge in [-0.2, -0.15) is 8.42 Å². The zero-order valence-corrected chi connectivity index (χ0v) is 10.6. The molecule has 0 radical (unpaired) electrons. The third-order valence-corrected chi connectivity index (χ3v) is 3.44. The van der Waals surface area contributed by atoms with Crippen LogP contribution in [0.1, 0.15) is 0 Å². The number of hydrogen-bond donors (Lipinski definition) is 1. The van der Waals surface area contributed by atoms with Crippen LogP contribution in [0.4, 0.5) is 4.39 Å². The van der Waals surface area contributed by atoms with E-state index in [0.29, 0.717) is 0 Å². The Hall–Kier alpha value is -1.45. The van der Waals surface area contributed by atoms with Gasteiger partial charge in [-0.25, -0.2) is 4.39 Å². The lowest BCUT2D eigenvalue weighted by Gasteiger charge is -2.02. The summed E-state index contributed by atoms with van der Waals surface area (Å²) in [5.41, 5.74) is -0.182. The van der Waals surface area contributed by atoms with Gasteiger partial charge in [-0.3, -0.25) is 4.55 Å². The lowest BCUT2D eigenvalue weighted by molar-refractivity contribution is 0.459. The molecule has 0 saturated heterocycles. The van der Waals surface area contributed by atoms with E-state index < -0.39 is 20.8 Å². The summed E-state index contributed by atoms with van der Waals surface area (Å²) in [6, 6.07) is 3.49. The Bertz CT molecular complexity index is 684. The second-order valence-electron chi connectivity index (χ2n) is 3.17. The van der Waals surface area contributed by atoms with Crippen molar-refractivity contribution in [1.82, 2.24) is 10.2 Å². The van der Waals surface area contributed by atoms with Gasteiger partial charge in [-0.05, 0) is 18.4 Å². The first kappa shape index (κ1) is 13.0. The van der Waals surface area contributed by atoms with E-state index in [2.05, 4.69) is 10.2 Å². The van der Waals surface area contributed by atoms with Crippen molar-refractivity contribution in [1.29, 1.82) is 0 Å². The summed E-state index contributed by atoms with van der Waals surface area (Å²) in [7, 11) is -4.63. The summed E-state index contributed by atoms with van der Waals surface area (Å²) < 4.78 is 49.7. The molecule has 2 rings (SSSR count). The van der Waals surface area contributed by atoms with Gasteiger partial charge in [0.05, 0.1) is 5.56 Å². The Morgan fingerprint density at radius 3 is 2.67 bits per heavy atom. The summed E-state index contributed by atoms with van der Waals surface area (Å²) in [6.07, 6.45) is 1.70. The standard InChI is InChI=1S/C9H7FN2O4S2/c1-17-9-12-11-8(16-9)5-3-2-4-6(7(5)10)18(13,14)15/h2-4H,1H3,(H,13,14,15). The van der Waals surface area contributed by atoms with Crippen molar-refractivity contribution in [2.24, 2.45) is 0 Å². The maximum atomic E-state index is 13.9. The molecular weight excluding hydrogens is 283 g/mol. The van der Waals surface area contributed by atoms with Crippen molar-refractivity contribution in [2.75, 3.05) is 6.26 Å². The minimum Gasteiger partial charge on any atom is -0.411 e. The molecule has 0 fully saturated rings. The van der Waals surface area contributed by atoms with Crippen molar-refractivity contribution >= 4 is 21.9 Å². The molecule has 0 aliphatic heterocycles. The van der Waals surface area contributed by atoms with Crippen LogP contribution >= 0.6 is 11.8 Å². The quantitative estimate of drug-likeness (QED) is 0.681. The number of nitrogens with zero attached hydrogens (tertiary/aromatic N) is 2. The molecule has 2 aromatic rings. The summed E-state index contributed by atoms with van der Waals surface area (Å²) in [6.45, 7) is 0. The zero-order chi connectivity index (χ0) is 13.3. The van der Waals surface area contributed by atoms with E-state index in [4.69, 9.17) is 8.97 Å². The Morgan fingerprint density at radius 1 is 1.39 bits per heavy atom. The molecule has 1 aromatic carbocycles. The molecule has 0 saturated carbocycles. The third-order valence-electron chi connectivity index (χ3n) is 2.05. The molecule has 0 amide bonds. The van der Waals surface area contributed by atoms with Crippen LogP contribution in [-0.4, -0.2) is 29.4 Å². The van der Waals surface area contributed by atoms with Crippen LogP contribution in [0.3, 0.4) is 0 Å². The summed E-state index contributed by atoms with van der Waals surface area (Å²) in [5.74, 6) is -1.28. The molecule has 96 valence electrons. The van der Waals surface area contributed by atoms with Crippen molar-refractivity contribution in [3.8, 4) is 11.5 Å². The third kappa shape index (κ3) is 2.37. The molecule has 18 heavy (non-hydrogen) atoms. The highest BCUT2D eigenvalue weighted by molar-refractivity contribution is 7.98. The van der Waals surface area contributed by atoms with Crippen LogP contribution in [0, 0.1) is 5.82 Å². The molecule has 1 heterocycles. The van der Waals surface area contributed by atoms with E-state index in [0.717, 1.165) is 6.07 Å². The Labute approximate surface area is 106 Å². The van der Waals surface area contributed by atoms with Crippen LogP contribution in [0.25, 0.3) is 11.5 Å². The van der Waals surface area contributed by atoms with Crippen molar-refractivity contribution in [3.63, 3.8) is 0 Å². The second kappa shape index (κ2) is 4.67. The van der Waals surface area contributed by atoms with Gasteiger partial charge in [0.15, 0.2) is 5.82 Å². The molecule has 9 heteroatoms. The monoisotopic (exact) mass is 290 g/mol. The summed E-state index contributed by atoms with van der Waals surface area (Å²) in [4.78, 5) is -0.830. The lowest BCUT2D eigenvalue weighted by Crippen LogP contribution is -2.02. The number of thioether (sulfide) groups is 1. The molecular formula is C9H7FN2O4S2. The molecule has 0 aliphatic carbocycles. The topological polar surface area (TPSA) is 93.3 Å². The maximum absolute atomic E-state index is 13.9.